The van der Waals surface area contributed by atoms with Gasteiger partial charge in [0, 0.05) is 19.3 Å². The zero-order chi connectivity index (χ0) is 15.0. The first-order chi connectivity index (χ1) is 10.1. The summed E-state index contributed by atoms with van der Waals surface area (Å²) in [4.78, 5) is 15.4. The van der Waals surface area contributed by atoms with Crippen LogP contribution in [0.2, 0.25) is 0 Å². The minimum Gasteiger partial charge on any atom is -0.381 e. The van der Waals surface area contributed by atoms with Gasteiger partial charge in [-0.15, -0.1) is 0 Å². The van der Waals surface area contributed by atoms with Crippen molar-refractivity contribution in [3.05, 3.63) is 0 Å². The summed E-state index contributed by atoms with van der Waals surface area (Å²) in [5.74, 6) is 1.41. The monoisotopic (exact) mass is 294 g/mol. The van der Waals surface area contributed by atoms with Crippen molar-refractivity contribution < 1.29 is 9.53 Å². The second-order valence-corrected chi connectivity index (χ2v) is 7.53. The molecule has 1 spiro atoms. The Morgan fingerprint density at radius 1 is 1.19 bits per heavy atom. The summed E-state index contributed by atoms with van der Waals surface area (Å²) in [6, 6.07) is 0.321. The van der Waals surface area contributed by atoms with Gasteiger partial charge in [0.15, 0.2) is 0 Å². The number of amides is 1. The SMILES string of the molecule is CC(C)C1NC2(CCCC2)C(=O)N1C(C)C1CCOCC1. The van der Waals surface area contributed by atoms with Crippen LogP contribution in [0.4, 0.5) is 0 Å². The van der Waals surface area contributed by atoms with Gasteiger partial charge >= 0.3 is 0 Å². The molecular formula is C17H30N2O2. The van der Waals surface area contributed by atoms with Crippen LogP contribution in [-0.4, -0.2) is 41.8 Å². The van der Waals surface area contributed by atoms with E-state index in [9.17, 15) is 4.79 Å². The number of carbonyl (C=O) groups excluding carboxylic acids is 1. The second-order valence-electron chi connectivity index (χ2n) is 7.53. The topological polar surface area (TPSA) is 41.6 Å². The Labute approximate surface area is 128 Å². The summed E-state index contributed by atoms with van der Waals surface area (Å²) in [6.45, 7) is 8.40. The minimum absolute atomic E-state index is 0.202. The quantitative estimate of drug-likeness (QED) is 0.869. The molecule has 1 saturated carbocycles. The Bertz CT molecular complexity index is 384. The van der Waals surface area contributed by atoms with Gasteiger partial charge in [0.05, 0.1) is 11.7 Å². The molecule has 1 amide bonds. The van der Waals surface area contributed by atoms with E-state index in [0.717, 1.165) is 38.9 Å². The summed E-state index contributed by atoms with van der Waals surface area (Å²) in [5.41, 5.74) is -0.242. The van der Waals surface area contributed by atoms with E-state index in [4.69, 9.17) is 4.74 Å². The molecule has 3 fully saturated rings. The van der Waals surface area contributed by atoms with Crippen LogP contribution in [0.1, 0.15) is 59.3 Å². The fourth-order valence-electron chi connectivity index (χ4n) is 4.48. The third-order valence-corrected chi connectivity index (χ3v) is 5.84. The Kier molecular flexibility index (Phi) is 4.28. The molecule has 0 radical (unpaired) electrons. The summed E-state index contributed by atoms with van der Waals surface area (Å²) in [7, 11) is 0. The van der Waals surface area contributed by atoms with Crippen molar-refractivity contribution in [1.29, 1.82) is 0 Å². The summed E-state index contributed by atoms with van der Waals surface area (Å²) in [6.07, 6.45) is 6.78. The van der Waals surface area contributed by atoms with E-state index >= 15 is 0 Å². The van der Waals surface area contributed by atoms with Crippen molar-refractivity contribution in [2.45, 2.75) is 77.0 Å². The predicted octanol–water partition coefficient (Wildman–Crippen LogP) is 2.53. The van der Waals surface area contributed by atoms with Gasteiger partial charge in [-0.2, -0.15) is 0 Å². The lowest BCUT2D eigenvalue weighted by Gasteiger charge is -2.38. The van der Waals surface area contributed by atoms with Crippen molar-refractivity contribution in [2.24, 2.45) is 11.8 Å². The van der Waals surface area contributed by atoms with Crippen LogP contribution in [0.15, 0.2) is 0 Å². The normalized spacial score (nSPS) is 31.5. The summed E-state index contributed by atoms with van der Waals surface area (Å²) < 4.78 is 5.49. The maximum atomic E-state index is 13.2. The van der Waals surface area contributed by atoms with Gasteiger partial charge in [-0.1, -0.05) is 26.7 Å². The molecule has 3 aliphatic rings. The molecule has 2 aliphatic heterocycles. The van der Waals surface area contributed by atoms with Crippen molar-refractivity contribution in [2.75, 3.05) is 13.2 Å². The Morgan fingerprint density at radius 3 is 2.38 bits per heavy atom. The number of hydrogen-bond donors (Lipinski definition) is 1. The Balaban J connectivity index is 1.81. The number of nitrogens with one attached hydrogen (secondary N) is 1. The van der Waals surface area contributed by atoms with Crippen LogP contribution in [0.25, 0.3) is 0 Å². The van der Waals surface area contributed by atoms with Gasteiger partial charge in [0.1, 0.15) is 0 Å². The predicted molar refractivity (Wildman–Crippen MR) is 82.8 cm³/mol. The fourth-order valence-corrected chi connectivity index (χ4v) is 4.48. The molecular weight excluding hydrogens is 264 g/mol. The number of nitrogens with zero attached hydrogens (tertiary/aromatic N) is 1. The van der Waals surface area contributed by atoms with Gasteiger partial charge in [0.2, 0.25) is 5.91 Å². The first kappa shape index (κ1) is 15.3. The van der Waals surface area contributed by atoms with E-state index in [1.165, 1.54) is 12.8 Å². The first-order valence-electron chi connectivity index (χ1n) is 8.73. The lowest BCUT2D eigenvalue weighted by atomic mass is 9.90. The van der Waals surface area contributed by atoms with Crippen LogP contribution in [0.3, 0.4) is 0 Å². The number of hydrogen-bond acceptors (Lipinski definition) is 3. The molecule has 1 aliphatic carbocycles. The maximum Gasteiger partial charge on any atom is 0.244 e. The van der Waals surface area contributed by atoms with E-state index in [0.29, 0.717) is 23.8 Å². The Hall–Kier alpha value is -0.610. The van der Waals surface area contributed by atoms with Crippen LogP contribution >= 0.6 is 0 Å². The maximum absolute atomic E-state index is 13.2. The van der Waals surface area contributed by atoms with Crippen LogP contribution < -0.4 is 5.32 Å². The van der Waals surface area contributed by atoms with Gasteiger partial charge in [-0.25, -0.2) is 0 Å². The molecule has 0 aromatic heterocycles. The Morgan fingerprint density at radius 2 is 1.81 bits per heavy atom. The fraction of sp³-hybridized carbons (Fsp3) is 0.941. The third kappa shape index (κ3) is 2.61. The average molecular weight is 294 g/mol. The number of ether oxygens (including phenoxy) is 1. The van der Waals surface area contributed by atoms with Gasteiger partial charge in [-0.05, 0) is 44.4 Å². The summed E-state index contributed by atoms with van der Waals surface area (Å²) >= 11 is 0. The van der Waals surface area contributed by atoms with Crippen LogP contribution in [0, 0.1) is 11.8 Å². The van der Waals surface area contributed by atoms with Crippen molar-refractivity contribution in [3.63, 3.8) is 0 Å². The molecule has 2 heterocycles. The number of carbonyl (C=O) groups is 1. The lowest BCUT2D eigenvalue weighted by molar-refractivity contribution is -0.137. The van der Waals surface area contributed by atoms with Crippen molar-refractivity contribution in [1.82, 2.24) is 10.2 Å². The van der Waals surface area contributed by atoms with Crippen LogP contribution in [0.5, 0.6) is 0 Å². The molecule has 4 heteroatoms. The van der Waals surface area contributed by atoms with E-state index < -0.39 is 0 Å². The van der Waals surface area contributed by atoms with E-state index in [1.807, 2.05) is 0 Å². The van der Waals surface area contributed by atoms with Crippen LogP contribution in [-0.2, 0) is 9.53 Å². The molecule has 0 bridgehead atoms. The zero-order valence-electron chi connectivity index (χ0n) is 13.7. The highest BCUT2D eigenvalue weighted by Crippen LogP contribution is 2.40. The van der Waals surface area contributed by atoms with Gasteiger partial charge in [0.25, 0.3) is 0 Å². The van der Waals surface area contributed by atoms with E-state index in [2.05, 4.69) is 31.0 Å². The largest absolute Gasteiger partial charge is 0.381 e. The van der Waals surface area contributed by atoms with E-state index in [-0.39, 0.29) is 11.7 Å². The molecule has 2 saturated heterocycles. The third-order valence-electron chi connectivity index (χ3n) is 5.84. The smallest absolute Gasteiger partial charge is 0.244 e. The minimum atomic E-state index is -0.242. The summed E-state index contributed by atoms with van der Waals surface area (Å²) in [5, 5.41) is 3.73. The first-order valence-corrected chi connectivity index (χ1v) is 8.73. The molecule has 2 unspecified atom stereocenters. The highest BCUT2D eigenvalue weighted by Gasteiger charge is 2.54. The molecule has 4 nitrogen and oxygen atoms in total. The molecule has 1 N–H and O–H groups in total. The van der Waals surface area contributed by atoms with Crippen molar-refractivity contribution in [3.8, 4) is 0 Å². The molecule has 3 rings (SSSR count). The average Bonchev–Trinajstić information content (AvgIpc) is 3.07. The molecule has 0 aromatic carbocycles. The van der Waals surface area contributed by atoms with Crippen molar-refractivity contribution >= 4 is 5.91 Å². The van der Waals surface area contributed by atoms with Gasteiger partial charge < -0.3 is 9.64 Å². The molecule has 0 aromatic rings. The zero-order valence-corrected chi connectivity index (χ0v) is 13.7. The van der Waals surface area contributed by atoms with Gasteiger partial charge in [-0.3, -0.25) is 10.1 Å². The highest BCUT2D eigenvalue weighted by atomic mass is 16.5. The lowest BCUT2D eigenvalue weighted by Crippen LogP contribution is -2.49. The van der Waals surface area contributed by atoms with E-state index in [1.54, 1.807) is 0 Å². The standard InChI is InChI=1S/C17H30N2O2/c1-12(2)15-18-17(8-4-5-9-17)16(20)19(15)13(3)14-6-10-21-11-7-14/h12-15,18H,4-11H2,1-3H3. The molecule has 2 atom stereocenters. The highest BCUT2D eigenvalue weighted by molar-refractivity contribution is 5.89. The molecule has 21 heavy (non-hydrogen) atoms. The molecule has 120 valence electrons. The number of rotatable bonds is 3. The second kappa shape index (κ2) is 5.88.